The van der Waals surface area contributed by atoms with E-state index in [0.717, 1.165) is 13.1 Å². The van der Waals surface area contributed by atoms with Crippen LogP contribution in [0.4, 0.5) is 11.4 Å². The van der Waals surface area contributed by atoms with Crippen LogP contribution in [0.1, 0.15) is 13.8 Å². The van der Waals surface area contributed by atoms with Crippen molar-refractivity contribution >= 4 is 28.3 Å². The number of benzene rings is 1. The van der Waals surface area contributed by atoms with Crippen molar-refractivity contribution in [2.45, 2.75) is 13.8 Å². The third-order valence-corrected chi connectivity index (χ3v) is 2.61. The summed E-state index contributed by atoms with van der Waals surface area (Å²) in [4.78, 5) is 16.2. The monoisotopic (exact) mass is 255 g/mol. The molecular formula is C11H14ClN3O2. The highest BCUT2D eigenvalue weighted by atomic mass is 35.5. The third kappa shape index (κ3) is 3.71. The minimum atomic E-state index is -0.454. The van der Waals surface area contributed by atoms with Crippen molar-refractivity contribution in [2.75, 3.05) is 13.1 Å². The number of nitrogens with zero attached hydrogens (tertiary/aromatic N) is 3. The molecule has 1 rings (SSSR count). The fourth-order valence-corrected chi connectivity index (χ4v) is 1.67. The number of rotatable bonds is 4. The number of non-ortho nitro benzene ring substituents is 1. The zero-order valence-electron chi connectivity index (χ0n) is 9.76. The van der Waals surface area contributed by atoms with Crippen molar-refractivity contribution in [3.63, 3.8) is 0 Å². The number of halogens is 1. The molecule has 0 atom stereocenters. The first-order valence-corrected chi connectivity index (χ1v) is 5.69. The van der Waals surface area contributed by atoms with E-state index in [1.807, 2.05) is 18.7 Å². The van der Waals surface area contributed by atoms with Gasteiger partial charge < -0.3 is 4.90 Å². The molecule has 0 aliphatic heterocycles. The van der Waals surface area contributed by atoms with Gasteiger partial charge in [-0.2, -0.15) is 0 Å². The molecule has 0 saturated heterocycles. The van der Waals surface area contributed by atoms with Gasteiger partial charge in [0.05, 0.1) is 10.6 Å². The predicted octanol–water partition coefficient (Wildman–Crippen LogP) is 3.16. The van der Waals surface area contributed by atoms with Crippen LogP contribution in [-0.2, 0) is 0 Å². The zero-order chi connectivity index (χ0) is 12.8. The van der Waals surface area contributed by atoms with Gasteiger partial charge in [-0.05, 0) is 31.5 Å². The van der Waals surface area contributed by atoms with Crippen LogP contribution in [0.5, 0.6) is 0 Å². The third-order valence-electron chi connectivity index (χ3n) is 2.29. The van der Waals surface area contributed by atoms with Crippen molar-refractivity contribution in [2.24, 2.45) is 4.99 Å². The molecule has 0 aliphatic rings. The van der Waals surface area contributed by atoms with Crippen molar-refractivity contribution < 1.29 is 4.92 Å². The highest BCUT2D eigenvalue weighted by Gasteiger charge is 2.07. The minimum absolute atomic E-state index is 0.00950. The largest absolute Gasteiger partial charge is 0.348 e. The van der Waals surface area contributed by atoms with Crippen LogP contribution in [0.3, 0.4) is 0 Å². The van der Waals surface area contributed by atoms with E-state index in [2.05, 4.69) is 4.99 Å². The summed E-state index contributed by atoms with van der Waals surface area (Å²) in [6, 6.07) is 6.08. The Kier molecular flexibility index (Phi) is 4.90. The molecule has 0 aliphatic carbocycles. The molecule has 1 aromatic rings. The van der Waals surface area contributed by atoms with Gasteiger partial charge in [-0.3, -0.25) is 10.1 Å². The molecule has 6 heteroatoms. The Morgan fingerprint density at radius 3 is 2.65 bits per heavy atom. The maximum atomic E-state index is 10.6. The first kappa shape index (κ1) is 13.4. The number of amidine groups is 1. The first-order chi connectivity index (χ1) is 8.08. The van der Waals surface area contributed by atoms with Gasteiger partial charge in [-0.15, -0.1) is 0 Å². The topological polar surface area (TPSA) is 58.7 Å². The molecule has 0 aromatic heterocycles. The van der Waals surface area contributed by atoms with E-state index in [1.165, 1.54) is 12.1 Å². The van der Waals surface area contributed by atoms with Crippen molar-refractivity contribution in [3.8, 4) is 0 Å². The fourth-order valence-electron chi connectivity index (χ4n) is 1.34. The Balaban J connectivity index is 2.97. The molecule has 0 saturated carbocycles. The fraction of sp³-hybridized carbons (Fsp3) is 0.364. The lowest BCUT2D eigenvalue weighted by Crippen LogP contribution is -2.26. The van der Waals surface area contributed by atoms with Gasteiger partial charge in [0.1, 0.15) is 0 Å². The van der Waals surface area contributed by atoms with Gasteiger partial charge in [0.25, 0.3) is 5.69 Å². The van der Waals surface area contributed by atoms with E-state index in [4.69, 9.17) is 11.6 Å². The summed E-state index contributed by atoms with van der Waals surface area (Å²) in [6.07, 6.45) is 0. The zero-order valence-corrected chi connectivity index (χ0v) is 10.5. The number of nitro groups is 1. The molecule has 0 fully saturated rings. The Labute approximate surface area is 105 Å². The molecule has 0 amide bonds. The molecule has 17 heavy (non-hydrogen) atoms. The highest BCUT2D eigenvalue weighted by molar-refractivity contribution is 6.64. The van der Waals surface area contributed by atoms with E-state index >= 15 is 0 Å². The molecule has 1 aromatic carbocycles. The van der Waals surface area contributed by atoms with Gasteiger partial charge in [-0.25, -0.2) is 4.99 Å². The van der Waals surface area contributed by atoms with Crippen LogP contribution in [-0.4, -0.2) is 28.2 Å². The first-order valence-electron chi connectivity index (χ1n) is 5.32. The van der Waals surface area contributed by atoms with Crippen LogP contribution >= 0.6 is 11.6 Å². The van der Waals surface area contributed by atoms with Crippen LogP contribution < -0.4 is 0 Å². The summed E-state index contributed by atoms with van der Waals surface area (Å²) in [5, 5.41) is 10.9. The Bertz CT molecular complexity index is 430. The van der Waals surface area contributed by atoms with Gasteiger partial charge in [-0.1, -0.05) is 6.07 Å². The van der Waals surface area contributed by atoms with E-state index in [-0.39, 0.29) is 5.69 Å². The van der Waals surface area contributed by atoms with E-state index < -0.39 is 4.92 Å². The second-order valence-electron chi connectivity index (χ2n) is 3.33. The van der Waals surface area contributed by atoms with Crippen LogP contribution in [0, 0.1) is 10.1 Å². The molecule has 0 N–H and O–H groups in total. The molecule has 5 nitrogen and oxygen atoms in total. The average Bonchev–Trinajstić information content (AvgIpc) is 2.30. The average molecular weight is 256 g/mol. The lowest BCUT2D eigenvalue weighted by atomic mass is 10.3. The quantitative estimate of drug-likeness (QED) is 0.273. The van der Waals surface area contributed by atoms with Crippen LogP contribution in [0.2, 0.25) is 0 Å². The Morgan fingerprint density at radius 2 is 2.12 bits per heavy atom. The summed E-state index contributed by atoms with van der Waals surface area (Å²) in [7, 11) is 0. The van der Waals surface area contributed by atoms with Crippen molar-refractivity contribution in [1.82, 2.24) is 4.90 Å². The second-order valence-corrected chi connectivity index (χ2v) is 3.67. The molecule has 0 spiro atoms. The SMILES string of the molecule is CCN(CC)C(Cl)=Nc1cccc([N+](=O)[O-])c1. The van der Waals surface area contributed by atoms with Gasteiger partial charge in [0, 0.05) is 25.2 Å². The summed E-state index contributed by atoms with van der Waals surface area (Å²) < 4.78 is 0. The highest BCUT2D eigenvalue weighted by Crippen LogP contribution is 2.20. The Hall–Kier alpha value is -1.62. The normalized spacial score (nSPS) is 11.4. The van der Waals surface area contributed by atoms with E-state index in [9.17, 15) is 10.1 Å². The number of aliphatic imine (C=N–C) groups is 1. The lowest BCUT2D eigenvalue weighted by molar-refractivity contribution is -0.384. The number of nitro benzene ring substituents is 1. The maximum Gasteiger partial charge on any atom is 0.271 e. The van der Waals surface area contributed by atoms with Crippen LogP contribution in [0.15, 0.2) is 29.3 Å². The van der Waals surface area contributed by atoms with E-state index in [0.29, 0.717) is 11.0 Å². The second kappa shape index (κ2) is 6.20. The number of hydrogen-bond donors (Lipinski definition) is 0. The van der Waals surface area contributed by atoms with Gasteiger partial charge in [0.15, 0.2) is 5.29 Å². The minimum Gasteiger partial charge on any atom is -0.348 e. The molecule has 0 radical (unpaired) electrons. The van der Waals surface area contributed by atoms with Crippen molar-refractivity contribution in [3.05, 3.63) is 34.4 Å². The molecule has 0 unspecified atom stereocenters. The lowest BCUT2D eigenvalue weighted by Gasteiger charge is -2.17. The molecule has 0 heterocycles. The summed E-state index contributed by atoms with van der Waals surface area (Å²) in [5.74, 6) is 0. The summed E-state index contributed by atoms with van der Waals surface area (Å²) in [6.45, 7) is 5.42. The summed E-state index contributed by atoms with van der Waals surface area (Å²) >= 11 is 6.02. The predicted molar refractivity (Wildman–Crippen MR) is 69.0 cm³/mol. The van der Waals surface area contributed by atoms with Gasteiger partial charge in [0.2, 0.25) is 0 Å². The smallest absolute Gasteiger partial charge is 0.271 e. The van der Waals surface area contributed by atoms with E-state index in [1.54, 1.807) is 12.1 Å². The molecule has 92 valence electrons. The standard InChI is InChI=1S/C11H14ClN3O2/c1-3-14(4-2)11(12)13-9-6-5-7-10(8-9)15(16)17/h5-8H,3-4H2,1-2H3. The van der Waals surface area contributed by atoms with Gasteiger partial charge >= 0.3 is 0 Å². The molecular weight excluding hydrogens is 242 g/mol. The Morgan fingerprint density at radius 1 is 1.47 bits per heavy atom. The maximum absolute atomic E-state index is 10.6. The summed E-state index contributed by atoms with van der Waals surface area (Å²) in [5.41, 5.74) is 0.492. The van der Waals surface area contributed by atoms with Crippen LogP contribution in [0.25, 0.3) is 0 Å². The van der Waals surface area contributed by atoms with Crippen molar-refractivity contribution in [1.29, 1.82) is 0 Å². The molecule has 0 bridgehead atoms. The number of hydrogen-bond acceptors (Lipinski definition) is 3.